The largest absolute Gasteiger partial charge is 0.550 e. The minimum absolute atomic E-state index is 0.194. The minimum atomic E-state index is -0.851. The molecule has 0 aromatic carbocycles. The van der Waals surface area contributed by atoms with E-state index in [0.29, 0.717) is 24.7 Å². The highest BCUT2D eigenvalue weighted by atomic mass is 16.6. The Hall–Kier alpha value is -0.610. The van der Waals surface area contributed by atoms with Crippen LogP contribution in [0.15, 0.2) is 0 Å². The van der Waals surface area contributed by atoms with E-state index in [1.165, 1.54) is 0 Å². The molecule has 2 saturated heterocycles. The molecule has 0 radical (unpaired) electrons. The molecular weight excluding hydrogens is 220 g/mol. The molecule has 0 spiro atoms. The van der Waals surface area contributed by atoms with Crippen molar-refractivity contribution in [2.45, 2.75) is 62.9 Å². The average molecular weight is 237 g/mol. The zero-order valence-electron chi connectivity index (χ0n) is 9.76. The van der Waals surface area contributed by atoms with Crippen LogP contribution >= 0.6 is 0 Å². The first-order chi connectivity index (χ1) is 8.19. The third-order valence-electron chi connectivity index (χ3n) is 5.32. The normalized spacial score (nSPS) is 55.6. The molecule has 0 amide bonds. The summed E-state index contributed by atoms with van der Waals surface area (Å²) in [7, 11) is 0. The van der Waals surface area contributed by atoms with Gasteiger partial charge >= 0.3 is 0 Å². The smallest absolute Gasteiger partial charge is 0.0850 e. The molecule has 4 aliphatic rings. The van der Waals surface area contributed by atoms with E-state index in [9.17, 15) is 9.90 Å². The molecule has 4 nitrogen and oxygen atoms in total. The van der Waals surface area contributed by atoms with E-state index in [-0.39, 0.29) is 12.0 Å². The molecule has 17 heavy (non-hydrogen) atoms. The Morgan fingerprint density at radius 2 is 1.82 bits per heavy atom. The summed E-state index contributed by atoms with van der Waals surface area (Å²) in [6.07, 6.45) is 6.52. The van der Waals surface area contributed by atoms with E-state index >= 15 is 0 Å². The van der Waals surface area contributed by atoms with Gasteiger partial charge in [0.05, 0.1) is 24.4 Å². The Kier molecular flexibility index (Phi) is 1.96. The van der Waals surface area contributed by atoms with E-state index in [4.69, 9.17) is 9.47 Å². The predicted molar refractivity (Wildman–Crippen MR) is 56.0 cm³/mol. The average Bonchev–Trinajstić information content (AvgIpc) is 3.21. The number of carboxylic acids is 1. The Balaban J connectivity index is 1.58. The number of carboxylic acid groups (broad SMARTS) is 1. The van der Waals surface area contributed by atoms with Gasteiger partial charge < -0.3 is 19.4 Å². The number of ether oxygens (including phenoxy) is 2. The SMILES string of the molecule is O=C([O-])C1(C2CCC3OC3C2)CCC2OC2C1. The lowest BCUT2D eigenvalue weighted by Gasteiger charge is -2.44. The van der Waals surface area contributed by atoms with E-state index in [0.717, 1.165) is 32.1 Å². The molecule has 2 heterocycles. The fourth-order valence-electron chi connectivity index (χ4n) is 4.10. The third-order valence-corrected chi connectivity index (χ3v) is 5.32. The number of rotatable bonds is 2. The monoisotopic (exact) mass is 237 g/mol. The van der Waals surface area contributed by atoms with Crippen LogP contribution in [0.2, 0.25) is 0 Å². The molecule has 0 N–H and O–H groups in total. The Bertz CT molecular complexity index is 368. The zero-order valence-corrected chi connectivity index (χ0v) is 9.76. The van der Waals surface area contributed by atoms with Gasteiger partial charge in [0.1, 0.15) is 0 Å². The second-order valence-electron chi connectivity index (χ2n) is 6.12. The predicted octanol–water partition coefficient (Wildman–Crippen LogP) is 0.241. The topological polar surface area (TPSA) is 65.2 Å². The summed E-state index contributed by atoms with van der Waals surface area (Å²) >= 11 is 0. The maximum absolute atomic E-state index is 11.7. The molecule has 94 valence electrons. The van der Waals surface area contributed by atoms with Crippen molar-refractivity contribution < 1.29 is 19.4 Å². The maximum atomic E-state index is 11.7. The van der Waals surface area contributed by atoms with Crippen molar-refractivity contribution in [1.29, 1.82) is 0 Å². The van der Waals surface area contributed by atoms with E-state index in [2.05, 4.69) is 0 Å². The summed E-state index contributed by atoms with van der Waals surface area (Å²) in [6.45, 7) is 0. The molecule has 0 aromatic heterocycles. The van der Waals surface area contributed by atoms with Gasteiger partial charge in [-0.15, -0.1) is 0 Å². The van der Waals surface area contributed by atoms with Crippen molar-refractivity contribution in [3.8, 4) is 0 Å². The molecule has 6 atom stereocenters. The number of hydrogen-bond donors (Lipinski definition) is 0. The van der Waals surface area contributed by atoms with Gasteiger partial charge in [0, 0.05) is 11.4 Å². The van der Waals surface area contributed by atoms with Gasteiger partial charge in [0.15, 0.2) is 0 Å². The molecule has 0 aromatic rings. The molecule has 6 unspecified atom stereocenters. The second kappa shape index (κ2) is 3.23. The summed E-state index contributed by atoms with van der Waals surface area (Å²) in [5, 5.41) is 11.7. The number of carbonyl (C=O) groups is 1. The fraction of sp³-hybridized carbons (Fsp3) is 0.923. The van der Waals surface area contributed by atoms with Crippen LogP contribution in [0.4, 0.5) is 0 Å². The van der Waals surface area contributed by atoms with Crippen molar-refractivity contribution in [1.82, 2.24) is 0 Å². The number of carbonyl (C=O) groups excluding carboxylic acids is 1. The number of fused-ring (bicyclic) bond motifs is 2. The lowest BCUT2D eigenvalue weighted by Crippen LogP contribution is -2.51. The van der Waals surface area contributed by atoms with Crippen LogP contribution in [0.5, 0.6) is 0 Å². The van der Waals surface area contributed by atoms with Crippen LogP contribution in [-0.2, 0) is 14.3 Å². The first-order valence-electron chi connectivity index (χ1n) is 6.71. The fourth-order valence-corrected chi connectivity index (χ4v) is 4.10. The van der Waals surface area contributed by atoms with Gasteiger partial charge in [0.25, 0.3) is 0 Å². The van der Waals surface area contributed by atoms with Crippen LogP contribution in [0.25, 0.3) is 0 Å². The Morgan fingerprint density at radius 3 is 2.53 bits per heavy atom. The van der Waals surface area contributed by atoms with Crippen LogP contribution in [0, 0.1) is 11.3 Å². The standard InChI is InChI=1S/C13H18O4/c14-12(15)13(4-3-9-11(6-13)17-9)7-1-2-8-10(5-7)16-8/h7-11H,1-6H2,(H,14,15)/p-1. The Labute approximate surface area is 100 Å². The van der Waals surface area contributed by atoms with Crippen LogP contribution in [-0.4, -0.2) is 30.4 Å². The van der Waals surface area contributed by atoms with E-state index < -0.39 is 11.4 Å². The van der Waals surface area contributed by atoms with Crippen LogP contribution < -0.4 is 5.11 Å². The molecule has 0 bridgehead atoms. The van der Waals surface area contributed by atoms with Crippen molar-refractivity contribution in [2.75, 3.05) is 0 Å². The molecule has 4 fully saturated rings. The Morgan fingerprint density at radius 1 is 1.06 bits per heavy atom. The highest BCUT2D eigenvalue weighted by Gasteiger charge is 2.57. The highest BCUT2D eigenvalue weighted by molar-refractivity contribution is 5.73. The zero-order chi connectivity index (χ0) is 11.6. The summed E-state index contributed by atoms with van der Waals surface area (Å²) < 4.78 is 11.0. The quantitative estimate of drug-likeness (QED) is 0.645. The van der Waals surface area contributed by atoms with Gasteiger partial charge in [-0.1, -0.05) is 0 Å². The molecule has 2 saturated carbocycles. The van der Waals surface area contributed by atoms with Crippen molar-refractivity contribution in [3.05, 3.63) is 0 Å². The number of hydrogen-bond acceptors (Lipinski definition) is 4. The number of aliphatic carboxylic acids is 1. The third kappa shape index (κ3) is 1.47. The van der Waals surface area contributed by atoms with Crippen molar-refractivity contribution in [2.24, 2.45) is 11.3 Å². The lowest BCUT2D eigenvalue weighted by molar-refractivity contribution is -0.324. The first kappa shape index (κ1) is 10.3. The summed E-state index contributed by atoms with van der Waals surface area (Å²) in [4.78, 5) is 11.7. The van der Waals surface area contributed by atoms with Gasteiger partial charge in [-0.05, 0) is 44.4 Å². The van der Waals surface area contributed by atoms with Gasteiger partial charge in [0.2, 0.25) is 0 Å². The van der Waals surface area contributed by atoms with Crippen molar-refractivity contribution in [3.63, 3.8) is 0 Å². The van der Waals surface area contributed by atoms with Crippen LogP contribution in [0.1, 0.15) is 38.5 Å². The highest BCUT2D eigenvalue weighted by Crippen LogP contribution is 2.55. The summed E-state index contributed by atoms with van der Waals surface area (Å²) in [5.74, 6) is -0.614. The van der Waals surface area contributed by atoms with Crippen molar-refractivity contribution >= 4 is 5.97 Å². The minimum Gasteiger partial charge on any atom is -0.550 e. The van der Waals surface area contributed by atoms with Crippen LogP contribution in [0.3, 0.4) is 0 Å². The molecule has 4 heteroatoms. The maximum Gasteiger partial charge on any atom is 0.0850 e. The molecule has 2 aliphatic carbocycles. The van der Waals surface area contributed by atoms with E-state index in [1.54, 1.807) is 0 Å². The van der Waals surface area contributed by atoms with Gasteiger partial charge in [-0.3, -0.25) is 0 Å². The number of epoxide rings is 2. The molecule has 4 rings (SSSR count). The van der Waals surface area contributed by atoms with Gasteiger partial charge in [-0.25, -0.2) is 0 Å². The molecule has 2 aliphatic heterocycles. The first-order valence-corrected chi connectivity index (χ1v) is 6.71. The summed E-state index contributed by atoms with van der Waals surface area (Å²) in [5.41, 5.74) is -0.630. The second-order valence-corrected chi connectivity index (χ2v) is 6.12. The molecular formula is C13H17O4-. The summed E-state index contributed by atoms with van der Waals surface area (Å²) in [6, 6.07) is 0. The van der Waals surface area contributed by atoms with E-state index in [1.807, 2.05) is 0 Å². The lowest BCUT2D eigenvalue weighted by atomic mass is 9.62. The van der Waals surface area contributed by atoms with Gasteiger partial charge in [-0.2, -0.15) is 0 Å².